The van der Waals surface area contributed by atoms with E-state index in [0.29, 0.717) is 36.3 Å². The SMILES string of the molecule is Cn1nc(-c2coc(C3CCCNC3)n2)c2ccc(N3CCCCCC3)nc21.Cn1nc(C(=O)COC(=O)C2CCCN(C(=O)OC(C)(C)C)C2)c2ccc(N3CCCCCC3)nc21. The number of oxazole rings is 1. The van der Waals surface area contributed by atoms with E-state index >= 15 is 0 Å². The quantitative estimate of drug-likeness (QED) is 0.122. The molecule has 4 aliphatic heterocycles. The van der Waals surface area contributed by atoms with Crippen molar-refractivity contribution < 1.29 is 28.3 Å². The topological polar surface area (TPSA) is 179 Å². The van der Waals surface area contributed by atoms with Crippen LogP contribution in [0.25, 0.3) is 33.5 Å². The summed E-state index contributed by atoms with van der Waals surface area (Å²) in [7, 11) is 3.72. The van der Waals surface area contributed by atoms with Crippen LogP contribution in [0.3, 0.4) is 0 Å². The normalized spacial score (nSPS) is 20.0. The first-order chi connectivity index (χ1) is 30.9. The Morgan fingerprint density at radius 2 is 1.38 bits per heavy atom. The van der Waals surface area contributed by atoms with E-state index in [9.17, 15) is 14.4 Å². The van der Waals surface area contributed by atoms with Crippen LogP contribution in [0.15, 0.2) is 34.9 Å². The number of anilines is 2. The van der Waals surface area contributed by atoms with E-state index in [1.807, 2.05) is 23.9 Å². The molecule has 4 saturated heterocycles. The number of esters is 1. The van der Waals surface area contributed by atoms with Crippen molar-refractivity contribution in [2.45, 2.75) is 109 Å². The minimum atomic E-state index is -0.606. The van der Waals surface area contributed by atoms with Gasteiger partial charge in [-0.15, -0.1) is 0 Å². The Balaban J connectivity index is 0.000000180. The Hall–Kier alpha value is -5.58. The van der Waals surface area contributed by atoms with Crippen LogP contribution in [-0.4, -0.2) is 122 Å². The highest BCUT2D eigenvalue weighted by atomic mass is 16.6. The summed E-state index contributed by atoms with van der Waals surface area (Å²) in [6, 6.07) is 8.09. The number of ether oxygens (including phenoxy) is 2. The van der Waals surface area contributed by atoms with E-state index in [4.69, 9.17) is 33.9 Å². The molecular formula is C47H65N11O6. The van der Waals surface area contributed by atoms with E-state index in [2.05, 4.69) is 32.3 Å². The average molecular weight is 880 g/mol. The lowest BCUT2D eigenvalue weighted by molar-refractivity contribution is -0.149. The minimum absolute atomic E-state index is 0.220. The Kier molecular flexibility index (Phi) is 14.1. The summed E-state index contributed by atoms with van der Waals surface area (Å²) in [6.45, 7) is 11.9. The van der Waals surface area contributed by atoms with Crippen LogP contribution in [0.1, 0.15) is 120 Å². The maximum Gasteiger partial charge on any atom is 0.410 e. The lowest BCUT2D eigenvalue weighted by Crippen LogP contribution is -2.45. The fraction of sp³-hybridized carbons (Fsp3) is 0.617. The summed E-state index contributed by atoms with van der Waals surface area (Å²) in [6.07, 6.45) is 14.8. The summed E-state index contributed by atoms with van der Waals surface area (Å²) < 4.78 is 20.1. The maximum atomic E-state index is 12.9. The van der Waals surface area contributed by atoms with Crippen molar-refractivity contribution in [2.24, 2.45) is 20.0 Å². The van der Waals surface area contributed by atoms with Crippen LogP contribution >= 0.6 is 0 Å². The third kappa shape index (κ3) is 10.7. The van der Waals surface area contributed by atoms with Crippen molar-refractivity contribution in [3.63, 3.8) is 0 Å². The molecule has 0 spiro atoms. The van der Waals surface area contributed by atoms with Gasteiger partial charge in [-0.1, -0.05) is 25.7 Å². The molecule has 9 heterocycles. The molecule has 4 aliphatic rings. The smallest absolute Gasteiger partial charge is 0.410 e. The minimum Gasteiger partial charge on any atom is -0.457 e. The van der Waals surface area contributed by atoms with Crippen LogP contribution < -0.4 is 15.1 Å². The van der Waals surface area contributed by atoms with Crippen molar-refractivity contribution in [1.29, 1.82) is 0 Å². The third-order valence-corrected chi connectivity index (χ3v) is 12.6. The second kappa shape index (κ2) is 20.1. The molecule has 0 aliphatic carbocycles. The number of pyridine rings is 2. The number of ketones is 1. The molecule has 17 nitrogen and oxygen atoms in total. The standard InChI is InChI=1S/C26H37N5O5.C21H28N6O/c1-26(2,3)36-25(34)31-15-9-10-18(16-31)24(33)35-17-20(32)22-19-11-12-21(27-23(19)29(4)28-22)30-13-7-5-6-8-14-30;1-26-20-16(8-9-18(24-20)27-11-4-2-3-5-12-27)19(25-26)17-14-28-21(23-17)15-7-6-10-22-13-15/h11-12,18H,5-10,13-17H2,1-4H3;8-9,14-15,22H,2-7,10-13H2,1H3. The van der Waals surface area contributed by atoms with Crippen molar-refractivity contribution >= 4 is 51.5 Å². The molecule has 5 aromatic heterocycles. The van der Waals surface area contributed by atoms with Gasteiger partial charge in [0, 0.05) is 71.2 Å². The van der Waals surface area contributed by atoms with Crippen LogP contribution in [0, 0.1) is 5.92 Å². The molecule has 2 atom stereocenters. The van der Waals surface area contributed by atoms with Gasteiger partial charge in [-0.25, -0.2) is 29.1 Å². The molecular weight excluding hydrogens is 815 g/mol. The number of nitrogens with one attached hydrogen (secondary N) is 1. The molecule has 5 aromatic rings. The lowest BCUT2D eigenvalue weighted by Gasteiger charge is -2.33. The number of rotatable bonds is 8. The molecule has 344 valence electrons. The van der Waals surface area contributed by atoms with Crippen LogP contribution in [0.4, 0.5) is 16.4 Å². The van der Waals surface area contributed by atoms with Gasteiger partial charge in [-0.3, -0.25) is 9.59 Å². The second-order valence-electron chi connectivity index (χ2n) is 18.7. The predicted octanol–water partition coefficient (Wildman–Crippen LogP) is 7.19. The first kappa shape index (κ1) is 45.0. The number of amides is 1. The van der Waals surface area contributed by atoms with Crippen LogP contribution in [0.5, 0.6) is 0 Å². The number of Topliss-reactive ketones (excluding diaryl/α,β-unsaturated/α-hetero) is 1. The van der Waals surface area contributed by atoms with Gasteiger partial charge in [-0.05, 0) is 103 Å². The summed E-state index contributed by atoms with van der Waals surface area (Å²) in [4.78, 5) is 58.7. The van der Waals surface area contributed by atoms with E-state index in [-0.39, 0.29) is 18.0 Å². The monoisotopic (exact) mass is 880 g/mol. The molecule has 9 rings (SSSR count). The number of nitrogens with zero attached hydrogens (tertiary/aromatic N) is 10. The molecule has 0 aromatic carbocycles. The van der Waals surface area contributed by atoms with Gasteiger partial charge in [0.1, 0.15) is 40.6 Å². The van der Waals surface area contributed by atoms with Crippen LogP contribution in [0.2, 0.25) is 0 Å². The summed E-state index contributed by atoms with van der Waals surface area (Å²) in [5.41, 5.74) is 2.83. The molecule has 17 heteroatoms. The van der Waals surface area contributed by atoms with E-state index in [0.717, 1.165) is 105 Å². The summed E-state index contributed by atoms with van der Waals surface area (Å²) in [5.74, 6) is 1.76. The summed E-state index contributed by atoms with van der Waals surface area (Å²) >= 11 is 0. The molecule has 1 amide bonds. The zero-order valence-electron chi connectivity index (χ0n) is 38.3. The number of likely N-dealkylation sites (tertiary alicyclic amines) is 1. The fourth-order valence-corrected chi connectivity index (χ4v) is 9.22. The van der Waals surface area contributed by atoms with Gasteiger partial charge < -0.3 is 33.9 Å². The average Bonchev–Trinajstić information content (AvgIpc) is 3.82. The fourth-order valence-electron chi connectivity index (χ4n) is 9.22. The number of hydrogen-bond donors (Lipinski definition) is 1. The maximum absolute atomic E-state index is 12.9. The van der Waals surface area contributed by atoms with E-state index in [1.165, 1.54) is 43.4 Å². The van der Waals surface area contributed by atoms with E-state index in [1.54, 1.807) is 38.8 Å². The molecule has 2 unspecified atom stereocenters. The van der Waals surface area contributed by atoms with E-state index < -0.39 is 30.2 Å². The van der Waals surface area contributed by atoms with Gasteiger partial charge in [0.05, 0.1) is 11.3 Å². The largest absolute Gasteiger partial charge is 0.457 e. The summed E-state index contributed by atoms with van der Waals surface area (Å²) in [5, 5.41) is 14.2. The highest BCUT2D eigenvalue weighted by molar-refractivity contribution is 6.06. The first-order valence-electron chi connectivity index (χ1n) is 23.4. The zero-order chi connectivity index (χ0) is 44.8. The highest BCUT2D eigenvalue weighted by Crippen LogP contribution is 2.32. The van der Waals surface area contributed by atoms with Gasteiger partial charge in [0.15, 0.2) is 23.8 Å². The number of piperidine rings is 2. The van der Waals surface area contributed by atoms with Crippen molar-refractivity contribution in [2.75, 3.05) is 68.8 Å². The number of aromatic nitrogens is 7. The van der Waals surface area contributed by atoms with Crippen molar-refractivity contribution in [3.8, 4) is 11.4 Å². The molecule has 0 radical (unpaired) electrons. The molecule has 64 heavy (non-hydrogen) atoms. The number of aryl methyl sites for hydroxylation is 2. The van der Waals surface area contributed by atoms with Crippen molar-refractivity contribution in [1.82, 2.24) is 44.7 Å². The zero-order valence-corrected chi connectivity index (χ0v) is 38.3. The lowest BCUT2D eigenvalue weighted by atomic mass is 9.98. The van der Waals surface area contributed by atoms with Crippen LogP contribution in [-0.2, 0) is 28.4 Å². The Labute approximate surface area is 375 Å². The number of hydrogen-bond acceptors (Lipinski definition) is 14. The van der Waals surface area contributed by atoms with Crippen molar-refractivity contribution in [3.05, 3.63) is 42.1 Å². The number of fused-ring (bicyclic) bond motifs is 2. The van der Waals surface area contributed by atoms with Gasteiger partial charge in [0.25, 0.3) is 0 Å². The van der Waals surface area contributed by atoms with Gasteiger partial charge >= 0.3 is 12.1 Å². The molecule has 4 fully saturated rings. The number of carbonyl (C=O) groups is 3. The molecule has 0 bridgehead atoms. The number of carbonyl (C=O) groups excluding carboxylic acids is 3. The van der Waals surface area contributed by atoms with Gasteiger partial charge in [-0.2, -0.15) is 10.2 Å². The Bertz CT molecular complexity index is 2390. The molecule has 1 N–H and O–H groups in total. The first-order valence-corrected chi connectivity index (χ1v) is 23.4. The third-order valence-electron chi connectivity index (χ3n) is 12.6. The second-order valence-corrected chi connectivity index (χ2v) is 18.7. The highest BCUT2D eigenvalue weighted by Gasteiger charge is 2.33. The Morgan fingerprint density at radius 3 is 2.00 bits per heavy atom. The predicted molar refractivity (Wildman–Crippen MR) is 245 cm³/mol. The Morgan fingerprint density at radius 1 is 0.750 bits per heavy atom. The molecule has 0 saturated carbocycles. The van der Waals surface area contributed by atoms with Gasteiger partial charge in [0.2, 0.25) is 5.78 Å².